The molecule has 31 heavy (non-hydrogen) atoms. The molecule has 1 aromatic carbocycles. The Labute approximate surface area is 187 Å². The van der Waals surface area contributed by atoms with E-state index in [4.69, 9.17) is 5.73 Å². The first-order valence-corrected chi connectivity index (χ1v) is 11.0. The van der Waals surface area contributed by atoms with Crippen LogP contribution in [0.5, 0.6) is 0 Å². The molecule has 0 aliphatic carbocycles. The van der Waals surface area contributed by atoms with Crippen molar-refractivity contribution in [1.29, 1.82) is 0 Å². The molecule has 0 radical (unpaired) electrons. The first kappa shape index (κ1) is 26.6. The highest BCUT2D eigenvalue weighted by atomic mass is 16.2. The van der Waals surface area contributed by atoms with Crippen LogP contribution in [0, 0.1) is 5.92 Å². The first-order valence-electron chi connectivity index (χ1n) is 11.0. The molecule has 7 heteroatoms. The van der Waals surface area contributed by atoms with E-state index in [2.05, 4.69) is 41.8 Å². The minimum absolute atomic E-state index is 0.147. The van der Waals surface area contributed by atoms with Crippen molar-refractivity contribution in [3.63, 3.8) is 0 Å². The molecule has 3 amide bonds. The monoisotopic (exact) mass is 432 g/mol. The third kappa shape index (κ3) is 11.5. The summed E-state index contributed by atoms with van der Waals surface area (Å²) < 4.78 is 0. The Morgan fingerprint density at radius 3 is 2.16 bits per heavy atom. The molecule has 1 aromatic rings. The van der Waals surface area contributed by atoms with Crippen LogP contribution in [0.25, 0.3) is 0 Å². The van der Waals surface area contributed by atoms with Crippen molar-refractivity contribution >= 4 is 17.7 Å². The molecule has 0 bridgehead atoms. The lowest BCUT2D eigenvalue weighted by Gasteiger charge is -2.26. The van der Waals surface area contributed by atoms with E-state index in [0.717, 1.165) is 24.9 Å². The Morgan fingerprint density at radius 1 is 1.06 bits per heavy atom. The highest BCUT2D eigenvalue weighted by molar-refractivity contribution is 5.88. The van der Waals surface area contributed by atoms with Gasteiger partial charge >= 0.3 is 0 Å². The number of nitrogens with one attached hydrogen (secondary N) is 2. The number of amides is 3. The van der Waals surface area contributed by atoms with Crippen molar-refractivity contribution in [2.45, 2.75) is 71.4 Å². The number of carbonyl (C=O) groups is 3. The SMILES string of the molecule is CC(CCC(=O)NC(Cc1ccc(CCCN(C)C)cc1)C(=O)NC(C)(C)C)C(N)=O. The van der Waals surface area contributed by atoms with Crippen LogP contribution in [0.3, 0.4) is 0 Å². The minimum atomic E-state index is -0.685. The second kappa shape index (κ2) is 12.4. The maximum absolute atomic E-state index is 12.8. The predicted molar refractivity (Wildman–Crippen MR) is 124 cm³/mol. The van der Waals surface area contributed by atoms with Crippen molar-refractivity contribution in [3.8, 4) is 0 Å². The van der Waals surface area contributed by atoms with Crippen molar-refractivity contribution in [2.24, 2.45) is 11.7 Å². The Hall–Kier alpha value is -2.41. The van der Waals surface area contributed by atoms with Crippen molar-refractivity contribution in [1.82, 2.24) is 15.5 Å². The summed E-state index contributed by atoms with van der Waals surface area (Å²) in [5.41, 5.74) is 7.10. The number of carbonyl (C=O) groups excluding carboxylic acids is 3. The first-order chi connectivity index (χ1) is 14.4. The van der Waals surface area contributed by atoms with E-state index in [1.54, 1.807) is 6.92 Å². The van der Waals surface area contributed by atoms with Gasteiger partial charge in [0.25, 0.3) is 0 Å². The summed E-state index contributed by atoms with van der Waals surface area (Å²) in [6.45, 7) is 8.44. The summed E-state index contributed by atoms with van der Waals surface area (Å²) in [6.07, 6.45) is 2.99. The molecule has 0 fully saturated rings. The fraction of sp³-hybridized carbons (Fsp3) is 0.625. The highest BCUT2D eigenvalue weighted by Gasteiger charge is 2.25. The van der Waals surface area contributed by atoms with Gasteiger partial charge < -0.3 is 21.3 Å². The van der Waals surface area contributed by atoms with Gasteiger partial charge in [-0.2, -0.15) is 0 Å². The molecular formula is C24H40N4O3. The van der Waals surface area contributed by atoms with Gasteiger partial charge in [0.15, 0.2) is 0 Å². The van der Waals surface area contributed by atoms with Crippen molar-refractivity contribution in [2.75, 3.05) is 20.6 Å². The lowest BCUT2D eigenvalue weighted by Crippen LogP contribution is -2.53. The summed E-state index contributed by atoms with van der Waals surface area (Å²) in [5, 5.41) is 5.78. The molecule has 4 N–H and O–H groups in total. The lowest BCUT2D eigenvalue weighted by atomic mass is 10.00. The average molecular weight is 433 g/mol. The number of benzene rings is 1. The highest BCUT2D eigenvalue weighted by Crippen LogP contribution is 2.11. The molecule has 0 saturated heterocycles. The van der Waals surface area contributed by atoms with Crippen LogP contribution in [0.2, 0.25) is 0 Å². The smallest absolute Gasteiger partial charge is 0.243 e. The van der Waals surface area contributed by atoms with E-state index in [-0.39, 0.29) is 24.2 Å². The normalized spacial score (nSPS) is 13.5. The average Bonchev–Trinajstić information content (AvgIpc) is 2.65. The molecular weight excluding hydrogens is 392 g/mol. The second-order valence-electron chi connectivity index (χ2n) is 9.63. The number of nitrogens with two attached hydrogens (primary N) is 1. The third-order valence-electron chi connectivity index (χ3n) is 4.97. The van der Waals surface area contributed by atoms with Gasteiger partial charge in [-0.15, -0.1) is 0 Å². The zero-order chi connectivity index (χ0) is 23.6. The topological polar surface area (TPSA) is 105 Å². The van der Waals surface area contributed by atoms with Gasteiger partial charge in [-0.25, -0.2) is 0 Å². The van der Waals surface area contributed by atoms with Crippen LogP contribution in [-0.2, 0) is 27.2 Å². The van der Waals surface area contributed by atoms with Crippen LogP contribution in [-0.4, -0.2) is 54.8 Å². The molecule has 2 atom stereocenters. The molecule has 174 valence electrons. The molecule has 2 unspecified atom stereocenters. The standard InChI is InChI=1S/C24H40N4O3/c1-17(22(25)30)9-14-21(29)26-20(23(31)27-24(2,3)4)16-19-12-10-18(11-13-19)8-7-15-28(5)6/h10-13,17,20H,7-9,14-16H2,1-6H3,(H2,25,30)(H,26,29)(H,27,31). The minimum Gasteiger partial charge on any atom is -0.369 e. The van der Waals surface area contributed by atoms with Crippen LogP contribution in [0.15, 0.2) is 24.3 Å². The summed E-state index contributed by atoms with van der Waals surface area (Å²) in [6, 6.07) is 7.52. The number of nitrogens with zero attached hydrogens (tertiary/aromatic N) is 1. The van der Waals surface area contributed by atoms with Crippen molar-refractivity contribution in [3.05, 3.63) is 35.4 Å². The fourth-order valence-electron chi connectivity index (χ4n) is 3.10. The van der Waals surface area contributed by atoms with Crippen LogP contribution < -0.4 is 16.4 Å². The van der Waals surface area contributed by atoms with Gasteiger partial charge in [0.2, 0.25) is 17.7 Å². The summed E-state index contributed by atoms with van der Waals surface area (Å²) in [4.78, 5) is 38.6. The predicted octanol–water partition coefficient (Wildman–Crippen LogP) is 2.02. The number of hydrogen-bond donors (Lipinski definition) is 3. The maximum atomic E-state index is 12.8. The second-order valence-corrected chi connectivity index (χ2v) is 9.63. The largest absolute Gasteiger partial charge is 0.369 e. The molecule has 0 saturated carbocycles. The number of hydrogen-bond acceptors (Lipinski definition) is 4. The Kier molecular flexibility index (Phi) is 10.7. The molecule has 0 aliphatic heterocycles. The number of primary amides is 1. The zero-order valence-electron chi connectivity index (χ0n) is 20.0. The van der Waals surface area contributed by atoms with Gasteiger partial charge in [-0.05, 0) is 71.8 Å². The lowest BCUT2D eigenvalue weighted by molar-refractivity contribution is -0.130. The van der Waals surface area contributed by atoms with E-state index in [9.17, 15) is 14.4 Å². The number of rotatable bonds is 12. The summed E-state index contributed by atoms with van der Waals surface area (Å²) in [5.74, 6) is -1.30. The molecule has 0 aliphatic rings. The van der Waals surface area contributed by atoms with Gasteiger partial charge in [0.05, 0.1) is 0 Å². The quantitative estimate of drug-likeness (QED) is 0.470. The van der Waals surface area contributed by atoms with Gasteiger partial charge in [0.1, 0.15) is 6.04 Å². The molecule has 1 rings (SSSR count). The molecule has 7 nitrogen and oxygen atoms in total. The fourth-order valence-corrected chi connectivity index (χ4v) is 3.10. The molecule has 0 aromatic heterocycles. The van der Waals surface area contributed by atoms with E-state index in [1.807, 2.05) is 32.9 Å². The Bertz CT molecular complexity index is 723. The summed E-state index contributed by atoms with van der Waals surface area (Å²) >= 11 is 0. The summed E-state index contributed by atoms with van der Waals surface area (Å²) in [7, 11) is 4.13. The molecule has 0 spiro atoms. The van der Waals surface area contributed by atoms with E-state index in [0.29, 0.717) is 12.8 Å². The van der Waals surface area contributed by atoms with Gasteiger partial charge in [-0.3, -0.25) is 14.4 Å². The van der Waals surface area contributed by atoms with E-state index < -0.39 is 17.5 Å². The number of aryl methyl sites for hydroxylation is 1. The van der Waals surface area contributed by atoms with E-state index >= 15 is 0 Å². The zero-order valence-corrected chi connectivity index (χ0v) is 20.0. The molecule has 0 heterocycles. The Balaban J connectivity index is 2.78. The van der Waals surface area contributed by atoms with E-state index in [1.165, 1.54) is 5.56 Å². The van der Waals surface area contributed by atoms with Crippen LogP contribution >= 0.6 is 0 Å². The Morgan fingerprint density at radius 2 is 1.65 bits per heavy atom. The van der Waals surface area contributed by atoms with Crippen LogP contribution in [0.1, 0.15) is 58.1 Å². The maximum Gasteiger partial charge on any atom is 0.243 e. The van der Waals surface area contributed by atoms with Gasteiger partial charge in [0, 0.05) is 24.3 Å². The third-order valence-corrected chi connectivity index (χ3v) is 4.97. The van der Waals surface area contributed by atoms with Gasteiger partial charge in [-0.1, -0.05) is 31.2 Å². The van der Waals surface area contributed by atoms with Crippen LogP contribution in [0.4, 0.5) is 0 Å². The van der Waals surface area contributed by atoms with Crippen molar-refractivity contribution < 1.29 is 14.4 Å².